The summed E-state index contributed by atoms with van der Waals surface area (Å²) in [6, 6.07) is 4.48. The number of aromatic nitrogens is 4. The lowest BCUT2D eigenvalue weighted by atomic mass is 10.4. The molecule has 0 saturated heterocycles. The first-order chi connectivity index (χ1) is 8.08. The first-order valence-corrected chi connectivity index (χ1v) is 5.87. The van der Waals surface area contributed by atoms with E-state index in [0.717, 1.165) is 11.8 Å². The normalized spacial score (nSPS) is 11.1. The number of rotatable bonds is 3. The van der Waals surface area contributed by atoms with Crippen molar-refractivity contribution in [3.63, 3.8) is 0 Å². The van der Waals surface area contributed by atoms with Crippen molar-refractivity contribution in [1.82, 2.24) is 19.7 Å². The van der Waals surface area contributed by atoms with E-state index in [2.05, 4.69) is 15.2 Å². The van der Waals surface area contributed by atoms with E-state index in [9.17, 15) is 9.18 Å². The molecule has 0 aliphatic rings. The van der Waals surface area contributed by atoms with Crippen LogP contribution in [0.3, 0.4) is 0 Å². The van der Waals surface area contributed by atoms with Gasteiger partial charge >= 0.3 is 5.69 Å². The van der Waals surface area contributed by atoms with Gasteiger partial charge in [0.15, 0.2) is 5.16 Å². The lowest BCUT2D eigenvalue weighted by Crippen LogP contribution is -2.19. The zero-order valence-electron chi connectivity index (χ0n) is 9.35. The Kier molecular flexibility index (Phi) is 3.28. The predicted molar refractivity (Wildman–Crippen MR) is 61.6 cm³/mol. The molecule has 90 valence electrons. The summed E-state index contributed by atoms with van der Waals surface area (Å²) in [6.07, 6.45) is 0. The number of nitrogens with zero attached hydrogens (tertiary/aromatic N) is 3. The maximum absolute atomic E-state index is 12.9. The first-order valence-electron chi connectivity index (χ1n) is 5.05. The molecule has 5 nitrogen and oxygen atoms in total. The molecule has 1 N–H and O–H groups in total. The second kappa shape index (κ2) is 4.70. The van der Waals surface area contributed by atoms with Gasteiger partial charge in [0.2, 0.25) is 5.95 Å². The van der Waals surface area contributed by atoms with Gasteiger partial charge in [-0.15, -0.1) is 5.10 Å². The molecule has 2 rings (SSSR count). The fourth-order valence-electron chi connectivity index (χ4n) is 1.36. The number of aromatic amines is 1. The summed E-state index contributed by atoms with van der Waals surface area (Å²) in [5.74, 6) is -0.552. The zero-order valence-corrected chi connectivity index (χ0v) is 10.2. The summed E-state index contributed by atoms with van der Waals surface area (Å²) in [7, 11) is 0. The molecule has 0 unspecified atom stereocenters. The molecule has 0 atom stereocenters. The average molecular weight is 254 g/mol. The summed E-state index contributed by atoms with van der Waals surface area (Å²) < 4.78 is 14.4. The van der Waals surface area contributed by atoms with E-state index in [4.69, 9.17) is 0 Å². The largest absolute Gasteiger partial charge is 0.344 e. The fourth-order valence-corrected chi connectivity index (χ4v) is 2.31. The zero-order chi connectivity index (χ0) is 12.4. The van der Waals surface area contributed by atoms with Crippen LogP contribution in [0.25, 0.3) is 0 Å². The molecule has 0 bridgehead atoms. The van der Waals surface area contributed by atoms with E-state index in [0.29, 0.717) is 10.2 Å². The van der Waals surface area contributed by atoms with Gasteiger partial charge in [0.25, 0.3) is 0 Å². The van der Waals surface area contributed by atoms with Gasteiger partial charge in [0, 0.05) is 6.04 Å². The van der Waals surface area contributed by atoms with Crippen LogP contribution < -0.4 is 5.69 Å². The topological polar surface area (TPSA) is 63.6 Å². The molecular weight excluding hydrogens is 243 g/mol. The van der Waals surface area contributed by atoms with Crippen LogP contribution in [0.15, 0.2) is 33.2 Å². The fraction of sp³-hybridized carbons (Fsp3) is 0.300. The predicted octanol–water partition coefficient (Wildman–Crippen LogP) is 1.84. The number of hydrogen-bond donors (Lipinski definition) is 1. The molecule has 2 aromatic rings. The Morgan fingerprint density at radius 3 is 2.88 bits per heavy atom. The van der Waals surface area contributed by atoms with Gasteiger partial charge in [-0.25, -0.2) is 14.9 Å². The Bertz CT molecular complexity index is 578. The summed E-state index contributed by atoms with van der Waals surface area (Å²) in [6.45, 7) is 3.75. The highest BCUT2D eigenvalue weighted by atomic mass is 32.2. The van der Waals surface area contributed by atoms with Crippen molar-refractivity contribution < 1.29 is 4.39 Å². The van der Waals surface area contributed by atoms with Gasteiger partial charge in [-0.2, -0.15) is 4.39 Å². The summed E-state index contributed by atoms with van der Waals surface area (Å²) in [5.41, 5.74) is -0.279. The van der Waals surface area contributed by atoms with Crippen LogP contribution in [0.4, 0.5) is 4.39 Å². The van der Waals surface area contributed by atoms with E-state index in [1.807, 2.05) is 13.8 Å². The third-order valence-corrected chi connectivity index (χ3v) is 2.98. The van der Waals surface area contributed by atoms with Gasteiger partial charge in [-0.05, 0) is 37.7 Å². The molecule has 0 amide bonds. The minimum atomic E-state index is -0.552. The standard InChI is InChI=1S/C10H11FN4OS/c1-6(2)15-9(16)13-14-10(15)17-8-5-3-4-7(11)12-8/h3-6H,1-2H3,(H,13,16). The minimum absolute atomic E-state index is 0.0164. The minimum Gasteiger partial charge on any atom is -0.267 e. The monoisotopic (exact) mass is 254 g/mol. The molecule has 2 aromatic heterocycles. The molecule has 2 heterocycles. The van der Waals surface area contributed by atoms with Gasteiger partial charge in [0.1, 0.15) is 5.03 Å². The van der Waals surface area contributed by atoms with Gasteiger partial charge in [-0.1, -0.05) is 6.07 Å². The number of halogens is 1. The van der Waals surface area contributed by atoms with Crippen LogP contribution >= 0.6 is 11.8 Å². The first kappa shape index (κ1) is 11.8. The Morgan fingerprint density at radius 2 is 2.24 bits per heavy atom. The molecule has 17 heavy (non-hydrogen) atoms. The Balaban J connectivity index is 2.34. The van der Waals surface area contributed by atoms with E-state index in [1.165, 1.54) is 10.6 Å². The Hall–Kier alpha value is -1.63. The van der Waals surface area contributed by atoms with Crippen molar-refractivity contribution in [2.24, 2.45) is 0 Å². The van der Waals surface area contributed by atoms with E-state index in [-0.39, 0.29) is 11.7 Å². The van der Waals surface area contributed by atoms with Gasteiger partial charge in [-0.3, -0.25) is 4.57 Å². The van der Waals surface area contributed by atoms with Crippen molar-refractivity contribution in [3.05, 3.63) is 34.6 Å². The smallest absolute Gasteiger partial charge is 0.267 e. The summed E-state index contributed by atoms with van der Waals surface area (Å²) in [5, 5.41) is 7.20. The molecular formula is C10H11FN4OS. The molecule has 0 spiro atoms. The van der Waals surface area contributed by atoms with E-state index in [1.54, 1.807) is 12.1 Å². The quantitative estimate of drug-likeness (QED) is 0.849. The third kappa shape index (κ3) is 2.55. The van der Waals surface area contributed by atoms with E-state index < -0.39 is 5.95 Å². The number of nitrogens with one attached hydrogen (secondary N) is 1. The third-order valence-electron chi connectivity index (χ3n) is 2.07. The second-order valence-electron chi connectivity index (χ2n) is 3.68. The summed E-state index contributed by atoms with van der Waals surface area (Å²) >= 11 is 1.15. The molecule has 0 radical (unpaired) electrons. The lowest BCUT2D eigenvalue weighted by molar-refractivity contribution is 0.533. The van der Waals surface area contributed by atoms with Crippen LogP contribution in [0.5, 0.6) is 0 Å². The van der Waals surface area contributed by atoms with Crippen molar-refractivity contribution in [1.29, 1.82) is 0 Å². The van der Waals surface area contributed by atoms with Crippen LogP contribution in [-0.4, -0.2) is 19.7 Å². The number of pyridine rings is 1. The van der Waals surface area contributed by atoms with Crippen LogP contribution in [-0.2, 0) is 0 Å². The summed E-state index contributed by atoms with van der Waals surface area (Å²) in [4.78, 5) is 15.2. The van der Waals surface area contributed by atoms with Gasteiger partial charge in [0.05, 0.1) is 0 Å². The lowest BCUT2D eigenvalue weighted by Gasteiger charge is -2.07. The average Bonchev–Trinajstić information content (AvgIpc) is 2.59. The highest BCUT2D eigenvalue weighted by Gasteiger charge is 2.13. The maximum Gasteiger partial charge on any atom is 0.344 e. The Labute approximate surface area is 101 Å². The molecule has 0 aliphatic carbocycles. The Morgan fingerprint density at radius 1 is 1.47 bits per heavy atom. The second-order valence-corrected chi connectivity index (χ2v) is 4.66. The van der Waals surface area contributed by atoms with Crippen molar-refractivity contribution >= 4 is 11.8 Å². The highest BCUT2D eigenvalue weighted by molar-refractivity contribution is 7.99. The van der Waals surface area contributed by atoms with Gasteiger partial charge < -0.3 is 0 Å². The molecule has 0 saturated carbocycles. The molecule has 0 fully saturated rings. The van der Waals surface area contributed by atoms with Crippen LogP contribution in [0.2, 0.25) is 0 Å². The van der Waals surface area contributed by atoms with Crippen LogP contribution in [0.1, 0.15) is 19.9 Å². The van der Waals surface area contributed by atoms with Crippen LogP contribution in [0, 0.1) is 5.95 Å². The highest BCUT2D eigenvalue weighted by Crippen LogP contribution is 2.24. The van der Waals surface area contributed by atoms with Crippen molar-refractivity contribution in [2.75, 3.05) is 0 Å². The maximum atomic E-state index is 12.9. The molecule has 0 aromatic carbocycles. The SMILES string of the molecule is CC(C)n1c(Sc2cccc(F)n2)n[nH]c1=O. The van der Waals surface area contributed by atoms with Crippen molar-refractivity contribution in [3.8, 4) is 0 Å². The number of hydrogen-bond acceptors (Lipinski definition) is 4. The molecule has 0 aliphatic heterocycles. The number of H-pyrrole nitrogens is 1. The molecule has 7 heteroatoms. The van der Waals surface area contributed by atoms with E-state index >= 15 is 0 Å². The van der Waals surface area contributed by atoms with Crippen molar-refractivity contribution in [2.45, 2.75) is 30.1 Å².